The van der Waals surface area contributed by atoms with E-state index in [0.29, 0.717) is 33.1 Å². The maximum Gasteiger partial charge on any atom is 0.371 e. The zero-order chi connectivity index (χ0) is 22.9. The van der Waals surface area contributed by atoms with Gasteiger partial charge < -0.3 is 19.4 Å². The lowest BCUT2D eigenvalue weighted by Crippen LogP contribution is -2.19. The number of amides is 1. The van der Waals surface area contributed by atoms with Crippen LogP contribution in [0, 0.1) is 0 Å². The van der Waals surface area contributed by atoms with Gasteiger partial charge in [0.1, 0.15) is 5.76 Å². The summed E-state index contributed by atoms with van der Waals surface area (Å²) in [5.74, 6) is -0.913. The zero-order valence-corrected chi connectivity index (χ0v) is 18.6. The topological polar surface area (TPSA) is 96.8 Å². The fourth-order valence-electron chi connectivity index (χ4n) is 3.55. The van der Waals surface area contributed by atoms with Crippen LogP contribution < -0.4 is 5.32 Å². The maximum atomic E-state index is 12.6. The Morgan fingerprint density at radius 1 is 1.18 bits per heavy atom. The summed E-state index contributed by atoms with van der Waals surface area (Å²) in [6.45, 7) is 0.359. The van der Waals surface area contributed by atoms with Crippen LogP contribution in [0.15, 0.2) is 81.2 Å². The quantitative estimate of drug-likeness (QED) is 0.368. The molecule has 0 aliphatic carbocycles. The second kappa shape index (κ2) is 8.65. The largest absolute Gasteiger partial charge is 0.475 e. The highest BCUT2D eigenvalue weighted by Gasteiger charge is 2.24. The minimum Gasteiger partial charge on any atom is -0.475 e. The smallest absolute Gasteiger partial charge is 0.371 e. The van der Waals surface area contributed by atoms with Crippen LogP contribution >= 0.6 is 23.4 Å². The number of hydrogen-bond acceptors (Lipinski definition) is 5. The Kier molecular flexibility index (Phi) is 5.53. The number of carbonyl (C=O) groups excluding carboxylic acids is 1. The van der Waals surface area contributed by atoms with Gasteiger partial charge in [0.05, 0.1) is 17.1 Å². The van der Waals surface area contributed by atoms with Crippen LogP contribution in [0.25, 0.3) is 17.0 Å². The van der Waals surface area contributed by atoms with Gasteiger partial charge in [0.2, 0.25) is 5.76 Å². The normalized spacial score (nSPS) is 16.1. The standard InChI is InChI=1S/C24H16ClN3O4S/c25-15-4-3-5-16(11-15)26-24-27-22(29)21(33-24)10-14-12-28(19-7-2-1-6-18(14)19)13-17-8-9-20(32-17)23(30)31/h1-12H,13H2,(H,30,31)(H,26,27,29)/b21-10-. The summed E-state index contributed by atoms with van der Waals surface area (Å²) in [6, 6.07) is 18.0. The van der Waals surface area contributed by atoms with Crippen molar-refractivity contribution < 1.29 is 19.1 Å². The van der Waals surface area contributed by atoms with Crippen LogP contribution in [0.3, 0.4) is 0 Å². The Morgan fingerprint density at radius 2 is 2.03 bits per heavy atom. The van der Waals surface area contributed by atoms with Gasteiger partial charge in [0, 0.05) is 27.7 Å². The molecule has 4 aromatic rings. The predicted octanol–water partition coefficient (Wildman–Crippen LogP) is 5.53. The highest BCUT2D eigenvalue weighted by atomic mass is 35.5. The molecule has 3 heterocycles. The number of halogens is 1. The molecular weight excluding hydrogens is 462 g/mol. The van der Waals surface area contributed by atoms with Crippen molar-refractivity contribution in [2.24, 2.45) is 4.99 Å². The number of fused-ring (bicyclic) bond motifs is 1. The molecule has 1 aliphatic heterocycles. The summed E-state index contributed by atoms with van der Waals surface area (Å²) in [4.78, 5) is 28.6. The van der Waals surface area contributed by atoms with E-state index in [1.165, 1.54) is 17.8 Å². The minimum absolute atomic E-state index is 0.102. The SMILES string of the molecule is O=C1NC(=Nc2cccc(Cl)c2)S/C1=C\c1cn(Cc2ccc(C(=O)O)o2)c2ccccc12. The molecule has 2 aromatic carbocycles. The molecule has 7 nitrogen and oxygen atoms in total. The number of furan rings is 1. The fourth-order valence-corrected chi connectivity index (χ4v) is 4.57. The zero-order valence-electron chi connectivity index (χ0n) is 17.0. The van der Waals surface area contributed by atoms with Gasteiger partial charge in [-0.15, -0.1) is 0 Å². The lowest BCUT2D eigenvalue weighted by atomic mass is 10.1. The molecule has 5 rings (SSSR count). The average Bonchev–Trinajstić information content (AvgIpc) is 3.48. The molecule has 164 valence electrons. The number of aromatic carboxylic acids is 1. The summed E-state index contributed by atoms with van der Waals surface area (Å²) in [5, 5.41) is 13.9. The summed E-state index contributed by atoms with van der Waals surface area (Å²) < 4.78 is 7.37. The molecule has 0 atom stereocenters. The molecule has 1 aliphatic rings. The third kappa shape index (κ3) is 4.44. The molecule has 0 saturated carbocycles. The average molecular weight is 478 g/mol. The van der Waals surface area contributed by atoms with Crippen molar-refractivity contribution in [2.45, 2.75) is 6.54 Å². The second-order valence-corrected chi connectivity index (χ2v) is 8.73. The van der Waals surface area contributed by atoms with Gasteiger partial charge in [0.15, 0.2) is 5.17 Å². The van der Waals surface area contributed by atoms with E-state index in [4.69, 9.17) is 21.1 Å². The number of nitrogens with one attached hydrogen (secondary N) is 1. The highest BCUT2D eigenvalue weighted by Crippen LogP contribution is 2.31. The third-order valence-electron chi connectivity index (χ3n) is 4.99. The number of benzene rings is 2. The molecule has 1 fully saturated rings. The number of aromatic nitrogens is 1. The number of amidine groups is 1. The molecule has 0 bridgehead atoms. The van der Waals surface area contributed by atoms with Crippen molar-refractivity contribution in [3.05, 3.63) is 93.9 Å². The number of carboxylic acid groups (broad SMARTS) is 1. The Balaban J connectivity index is 1.46. The van der Waals surface area contributed by atoms with Crippen LogP contribution in [0.5, 0.6) is 0 Å². The molecule has 2 N–H and O–H groups in total. The van der Waals surface area contributed by atoms with E-state index in [9.17, 15) is 9.59 Å². The van der Waals surface area contributed by atoms with Gasteiger partial charge >= 0.3 is 5.97 Å². The molecular formula is C24H16ClN3O4S. The van der Waals surface area contributed by atoms with E-state index >= 15 is 0 Å². The van der Waals surface area contributed by atoms with Crippen molar-refractivity contribution in [3.8, 4) is 0 Å². The molecule has 0 unspecified atom stereocenters. The number of hydrogen-bond donors (Lipinski definition) is 2. The first-order valence-corrected chi connectivity index (χ1v) is 11.1. The van der Waals surface area contributed by atoms with Gasteiger partial charge in [-0.25, -0.2) is 9.79 Å². The summed E-state index contributed by atoms with van der Waals surface area (Å²) in [7, 11) is 0. The number of rotatable bonds is 5. The monoisotopic (exact) mass is 477 g/mol. The van der Waals surface area contributed by atoms with Crippen molar-refractivity contribution >= 4 is 63.1 Å². The minimum atomic E-state index is -1.11. The van der Waals surface area contributed by atoms with Gasteiger partial charge in [-0.05, 0) is 54.2 Å². The van der Waals surface area contributed by atoms with Gasteiger partial charge in [0.25, 0.3) is 5.91 Å². The summed E-state index contributed by atoms with van der Waals surface area (Å²) >= 11 is 7.27. The first kappa shape index (κ1) is 21.1. The molecule has 9 heteroatoms. The fraction of sp³-hybridized carbons (Fsp3) is 0.0417. The maximum absolute atomic E-state index is 12.6. The van der Waals surface area contributed by atoms with E-state index in [0.717, 1.165) is 16.5 Å². The third-order valence-corrected chi connectivity index (χ3v) is 6.14. The van der Waals surface area contributed by atoms with E-state index in [1.807, 2.05) is 47.2 Å². The number of aliphatic imine (C=N–C) groups is 1. The Bertz CT molecular complexity index is 1470. The second-order valence-electron chi connectivity index (χ2n) is 7.26. The van der Waals surface area contributed by atoms with E-state index in [1.54, 1.807) is 24.3 Å². The van der Waals surface area contributed by atoms with E-state index in [2.05, 4.69) is 10.3 Å². The number of carboxylic acids is 1. The summed E-state index contributed by atoms with van der Waals surface area (Å²) in [6.07, 6.45) is 3.74. The molecule has 0 spiro atoms. The van der Waals surface area contributed by atoms with Crippen LogP contribution in [0.4, 0.5) is 5.69 Å². The predicted molar refractivity (Wildman–Crippen MR) is 129 cm³/mol. The van der Waals surface area contributed by atoms with Gasteiger partial charge in [-0.2, -0.15) is 0 Å². The number of carbonyl (C=O) groups is 2. The van der Waals surface area contributed by atoms with Crippen molar-refractivity contribution in [1.82, 2.24) is 9.88 Å². The number of nitrogens with zero attached hydrogens (tertiary/aromatic N) is 2. The van der Waals surface area contributed by atoms with E-state index < -0.39 is 5.97 Å². The molecule has 2 aromatic heterocycles. The Labute approximate surface area is 197 Å². The van der Waals surface area contributed by atoms with E-state index in [-0.39, 0.29) is 11.7 Å². The van der Waals surface area contributed by atoms with Gasteiger partial charge in [-0.3, -0.25) is 4.79 Å². The van der Waals surface area contributed by atoms with Crippen LogP contribution in [0.2, 0.25) is 5.02 Å². The number of para-hydroxylation sites is 1. The summed E-state index contributed by atoms with van der Waals surface area (Å²) in [5.41, 5.74) is 2.45. The highest BCUT2D eigenvalue weighted by molar-refractivity contribution is 8.18. The van der Waals surface area contributed by atoms with Crippen molar-refractivity contribution in [3.63, 3.8) is 0 Å². The lowest BCUT2D eigenvalue weighted by Gasteiger charge is -2.02. The van der Waals surface area contributed by atoms with Crippen LogP contribution in [-0.2, 0) is 11.3 Å². The molecule has 33 heavy (non-hydrogen) atoms. The Morgan fingerprint density at radius 3 is 2.82 bits per heavy atom. The first-order chi connectivity index (χ1) is 16.0. The molecule has 1 amide bonds. The molecule has 1 saturated heterocycles. The van der Waals surface area contributed by atoms with Crippen LogP contribution in [0.1, 0.15) is 21.9 Å². The Hall–Kier alpha value is -3.75. The van der Waals surface area contributed by atoms with Crippen LogP contribution in [-0.4, -0.2) is 26.7 Å². The molecule has 0 radical (unpaired) electrons. The van der Waals surface area contributed by atoms with Crippen molar-refractivity contribution in [2.75, 3.05) is 0 Å². The van der Waals surface area contributed by atoms with Crippen molar-refractivity contribution in [1.29, 1.82) is 0 Å². The first-order valence-electron chi connectivity index (χ1n) is 9.91. The van der Waals surface area contributed by atoms with Gasteiger partial charge in [-0.1, -0.05) is 35.9 Å². The lowest BCUT2D eigenvalue weighted by molar-refractivity contribution is -0.115. The number of thioether (sulfide) groups is 1.